The summed E-state index contributed by atoms with van der Waals surface area (Å²) < 4.78 is 5.87. The second-order valence-electron chi connectivity index (χ2n) is 9.63. The number of nitrogens with zero attached hydrogens (tertiary/aromatic N) is 4. The summed E-state index contributed by atoms with van der Waals surface area (Å²) in [5.74, 6) is 0.561. The van der Waals surface area contributed by atoms with Gasteiger partial charge in [-0.05, 0) is 49.9 Å². The van der Waals surface area contributed by atoms with E-state index in [9.17, 15) is 0 Å². The predicted octanol–water partition coefficient (Wildman–Crippen LogP) is 3.40. The van der Waals surface area contributed by atoms with Gasteiger partial charge in [-0.25, -0.2) is 4.99 Å². The van der Waals surface area contributed by atoms with Crippen LogP contribution in [0.25, 0.3) is 0 Å². The fourth-order valence-corrected chi connectivity index (χ4v) is 5.43. The van der Waals surface area contributed by atoms with Gasteiger partial charge in [0.1, 0.15) is 12.4 Å². The molecular weight excluding hydrogens is 462 g/mol. The number of nitrogens with two attached hydrogens (primary N) is 2. The Morgan fingerprint density at radius 2 is 2.03 bits per heavy atom. The zero-order valence-corrected chi connectivity index (χ0v) is 20.3. The van der Waals surface area contributed by atoms with Crippen LogP contribution in [0.5, 0.6) is 5.75 Å². The highest BCUT2D eigenvalue weighted by molar-refractivity contribution is 6.32. The van der Waals surface area contributed by atoms with Crippen LogP contribution in [-0.2, 0) is 12.3 Å². The quantitative estimate of drug-likeness (QED) is 0.472. The molecule has 1 unspecified atom stereocenters. The summed E-state index contributed by atoms with van der Waals surface area (Å²) in [5, 5.41) is 3.71. The molecule has 0 bridgehead atoms. The number of nitrogens with one attached hydrogen (secondary N) is 1. The normalized spacial score (nSPS) is 22.2. The number of aliphatic imine (C=N–C) groups is 1. The molecule has 1 aromatic heterocycles. The van der Waals surface area contributed by atoms with Gasteiger partial charge >= 0.3 is 0 Å². The lowest BCUT2D eigenvalue weighted by atomic mass is 9.77. The lowest BCUT2D eigenvalue weighted by molar-refractivity contribution is -0.0127. The third-order valence-electron chi connectivity index (χ3n) is 7.57. The smallest absolute Gasteiger partial charge is 0.163 e. The first-order valence-electron chi connectivity index (χ1n) is 11.7. The van der Waals surface area contributed by atoms with Crippen molar-refractivity contribution in [3.05, 3.63) is 76.6 Å². The molecule has 4 heterocycles. The minimum atomic E-state index is -1.12. The molecule has 1 atom stereocenters. The summed E-state index contributed by atoms with van der Waals surface area (Å²) in [7, 11) is 2.19. The maximum absolute atomic E-state index is 6.89. The third-order valence-corrected chi connectivity index (χ3v) is 7.87. The van der Waals surface area contributed by atoms with Crippen LogP contribution < -0.4 is 26.4 Å². The number of anilines is 3. The average Bonchev–Trinajstić information content (AvgIpc) is 2.83. The molecular formula is C26H28ClN7O. The summed E-state index contributed by atoms with van der Waals surface area (Å²) in [5.41, 5.74) is 17.6. The van der Waals surface area contributed by atoms with E-state index in [1.807, 2.05) is 36.4 Å². The molecule has 5 N–H and O–H groups in total. The van der Waals surface area contributed by atoms with Crippen LogP contribution in [0.1, 0.15) is 23.2 Å². The molecule has 2 aromatic carbocycles. The van der Waals surface area contributed by atoms with Gasteiger partial charge in [-0.3, -0.25) is 15.6 Å². The van der Waals surface area contributed by atoms with Gasteiger partial charge in [0.2, 0.25) is 0 Å². The highest BCUT2D eigenvalue weighted by Crippen LogP contribution is 2.46. The number of rotatable bonds is 5. The molecule has 8 nitrogen and oxygen atoms in total. The Hall–Kier alpha value is -3.33. The number of benzene rings is 2. The van der Waals surface area contributed by atoms with E-state index < -0.39 is 5.66 Å². The highest BCUT2D eigenvalue weighted by atomic mass is 35.5. The molecule has 3 aliphatic heterocycles. The average molecular weight is 490 g/mol. The Labute approximate surface area is 209 Å². The fraction of sp³-hybridized carbons (Fsp3) is 0.308. The van der Waals surface area contributed by atoms with Gasteiger partial charge in [0.25, 0.3) is 0 Å². The van der Waals surface area contributed by atoms with Crippen LogP contribution >= 0.6 is 11.6 Å². The molecule has 3 aliphatic rings. The second-order valence-corrected chi connectivity index (χ2v) is 10.0. The summed E-state index contributed by atoms with van der Waals surface area (Å²) in [6, 6.07) is 15.2. The monoisotopic (exact) mass is 489 g/mol. The van der Waals surface area contributed by atoms with Crippen molar-refractivity contribution >= 4 is 35.0 Å². The Kier molecular flexibility index (Phi) is 5.14. The number of fused-ring (bicyclic) bond motifs is 1. The van der Waals surface area contributed by atoms with E-state index in [1.54, 1.807) is 18.6 Å². The standard InChI is InChI=1S/C26H28ClN7O/c1-33-9-7-25(33)14-34(15-25)23-12-22-19(11-21(23)28)26(29,32-16-31-22)17-5-6-24(20(27)10-17)35-13-18-4-2-3-8-30-18/h2-6,8,10-12,16H,7,9,13-15,28-29H2,1H3,(H,31,32). The van der Waals surface area contributed by atoms with Crippen molar-refractivity contribution in [3.8, 4) is 5.75 Å². The first-order valence-corrected chi connectivity index (χ1v) is 12.1. The fourth-order valence-electron chi connectivity index (χ4n) is 5.19. The van der Waals surface area contributed by atoms with Crippen molar-refractivity contribution in [2.45, 2.75) is 24.2 Å². The van der Waals surface area contributed by atoms with Gasteiger partial charge in [-0.15, -0.1) is 0 Å². The summed E-state index contributed by atoms with van der Waals surface area (Å²) in [6.45, 7) is 3.47. The number of hydrogen-bond donors (Lipinski definition) is 3. The van der Waals surface area contributed by atoms with E-state index in [1.165, 1.54) is 6.42 Å². The maximum Gasteiger partial charge on any atom is 0.163 e. The maximum atomic E-state index is 6.89. The second kappa shape index (κ2) is 8.12. The van der Waals surface area contributed by atoms with E-state index in [4.69, 9.17) is 27.8 Å². The largest absolute Gasteiger partial charge is 0.486 e. The molecule has 9 heteroatoms. The zero-order chi connectivity index (χ0) is 24.2. The molecule has 180 valence electrons. The number of hydrogen-bond acceptors (Lipinski definition) is 8. The van der Waals surface area contributed by atoms with Crippen molar-refractivity contribution in [1.82, 2.24) is 9.88 Å². The molecule has 2 fully saturated rings. The van der Waals surface area contributed by atoms with Crippen molar-refractivity contribution < 1.29 is 4.74 Å². The minimum Gasteiger partial charge on any atom is -0.486 e. The van der Waals surface area contributed by atoms with Crippen LogP contribution in [0.15, 0.2) is 59.7 Å². The van der Waals surface area contributed by atoms with Gasteiger partial charge in [0.15, 0.2) is 5.66 Å². The van der Waals surface area contributed by atoms with Crippen LogP contribution in [0, 0.1) is 0 Å². The van der Waals surface area contributed by atoms with Crippen LogP contribution in [0.3, 0.4) is 0 Å². The van der Waals surface area contributed by atoms with Crippen LogP contribution in [-0.4, -0.2) is 48.4 Å². The first-order chi connectivity index (χ1) is 16.9. The number of ether oxygens (including phenoxy) is 1. The number of halogens is 1. The van der Waals surface area contributed by atoms with Gasteiger partial charge in [0.05, 0.1) is 34.0 Å². The number of nitrogen functional groups attached to an aromatic ring is 1. The summed E-state index contributed by atoms with van der Waals surface area (Å²) in [6.07, 6.45) is 4.61. The highest BCUT2D eigenvalue weighted by Gasteiger charge is 2.52. The van der Waals surface area contributed by atoms with Crippen LogP contribution in [0.2, 0.25) is 5.02 Å². The SMILES string of the molecule is CN1CCC12CN(c1cc3c(cc1N)C(N)(c1ccc(OCc4ccccn4)c(Cl)c1)N=CN3)C2. The van der Waals surface area contributed by atoms with Crippen molar-refractivity contribution in [2.75, 3.05) is 42.6 Å². The number of likely N-dealkylation sites (N-methyl/N-ethyl adjacent to an activating group) is 1. The number of likely N-dealkylation sites (tertiary alicyclic amines) is 1. The van der Waals surface area contributed by atoms with E-state index in [0.29, 0.717) is 28.6 Å². The van der Waals surface area contributed by atoms with E-state index in [0.717, 1.165) is 47.8 Å². The topological polar surface area (TPSA) is 105 Å². The van der Waals surface area contributed by atoms with Crippen molar-refractivity contribution in [2.24, 2.45) is 10.7 Å². The Balaban J connectivity index is 1.26. The molecule has 0 aliphatic carbocycles. The van der Waals surface area contributed by atoms with Gasteiger partial charge in [0, 0.05) is 42.6 Å². The zero-order valence-electron chi connectivity index (χ0n) is 19.5. The van der Waals surface area contributed by atoms with Crippen molar-refractivity contribution in [1.29, 1.82) is 0 Å². The minimum absolute atomic E-state index is 0.312. The van der Waals surface area contributed by atoms with E-state index >= 15 is 0 Å². The molecule has 2 saturated heterocycles. The third kappa shape index (κ3) is 3.60. The molecule has 3 aromatic rings. The Morgan fingerprint density at radius 3 is 2.71 bits per heavy atom. The first kappa shape index (κ1) is 22.2. The van der Waals surface area contributed by atoms with Gasteiger partial charge in [-0.2, -0.15) is 0 Å². The molecule has 0 amide bonds. The molecule has 35 heavy (non-hydrogen) atoms. The Morgan fingerprint density at radius 1 is 1.17 bits per heavy atom. The Bertz CT molecular complexity index is 1310. The molecule has 1 spiro atoms. The summed E-state index contributed by atoms with van der Waals surface area (Å²) >= 11 is 6.58. The lowest BCUT2D eigenvalue weighted by Gasteiger charge is -2.62. The van der Waals surface area contributed by atoms with Crippen molar-refractivity contribution in [3.63, 3.8) is 0 Å². The number of aromatic nitrogens is 1. The van der Waals surface area contributed by atoms with Gasteiger partial charge < -0.3 is 20.7 Å². The molecule has 6 rings (SSSR count). The van der Waals surface area contributed by atoms with E-state index in [-0.39, 0.29) is 0 Å². The van der Waals surface area contributed by atoms with E-state index in [2.05, 4.69) is 38.2 Å². The number of pyridine rings is 1. The molecule has 0 saturated carbocycles. The van der Waals surface area contributed by atoms with Crippen LogP contribution in [0.4, 0.5) is 17.1 Å². The molecule has 0 radical (unpaired) electrons. The predicted molar refractivity (Wildman–Crippen MR) is 140 cm³/mol. The lowest BCUT2D eigenvalue weighted by Crippen LogP contribution is -2.76. The summed E-state index contributed by atoms with van der Waals surface area (Å²) in [4.78, 5) is 13.6. The van der Waals surface area contributed by atoms with Gasteiger partial charge in [-0.1, -0.05) is 23.7 Å².